The zero-order valence-electron chi connectivity index (χ0n) is 14.6. The van der Waals surface area contributed by atoms with Crippen LogP contribution in [0.3, 0.4) is 0 Å². The summed E-state index contributed by atoms with van der Waals surface area (Å²) < 4.78 is 0. The van der Waals surface area contributed by atoms with Crippen LogP contribution in [0.5, 0.6) is 0 Å². The molecule has 0 atom stereocenters. The Labute approximate surface area is 139 Å². The predicted molar refractivity (Wildman–Crippen MR) is 92.8 cm³/mol. The Bertz CT molecular complexity index is 512. The number of carbonyl (C=O) groups is 1. The minimum absolute atomic E-state index is 0.0845. The van der Waals surface area contributed by atoms with E-state index in [0.717, 1.165) is 38.0 Å². The predicted octanol–water partition coefficient (Wildman–Crippen LogP) is 2.21. The van der Waals surface area contributed by atoms with E-state index < -0.39 is 0 Å². The molecule has 128 valence electrons. The summed E-state index contributed by atoms with van der Waals surface area (Å²) in [6.07, 6.45) is 6.84. The molecule has 0 aliphatic heterocycles. The fraction of sp³-hybridized carbons (Fsp3) is 0.706. The van der Waals surface area contributed by atoms with E-state index in [1.807, 2.05) is 6.92 Å². The number of nitrogens with zero attached hydrogens (tertiary/aromatic N) is 3. The standard InChI is InChI=1S/C17H29N5O/c1-13-12-15(16(23)20-14-8-5-4-6-9-14)21-17(19-13)18-10-7-11-22(2)3/h12,14H,4-11H2,1-3H3,(H,20,23)(H,18,19,21). The summed E-state index contributed by atoms with van der Waals surface area (Å²) in [4.78, 5) is 23.3. The van der Waals surface area contributed by atoms with Gasteiger partial charge in [0.25, 0.3) is 5.91 Å². The molecule has 0 saturated heterocycles. The molecule has 1 saturated carbocycles. The van der Waals surface area contributed by atoms with Gasteiger partial charge in [-0.25, -0.2) is 9.97 Å². The van der Waals surface area contributed by atoms with E-state index in [1.54, 1.807) is 6.07 Å². The van der Waals surface area contributed by atoms with Crippen LogP contribution in [-0.4, -0.2) is 54.0 Å². The largest absolute Gasteiger partial charge is 0.354 e. The number of amides is 1. The van der Waals surface area contributed by atoms with Gasteiger partial charge in [0, 0.05) is 18.3 Å². The quantitative estimate of drug-likeness (QED) is 0.754. The molecule has 0 unspecified atom stereocenters. The maximum Gasteiger partial charge on any atom is 0.270 e. The summed E-state index contributed by atoms with van der Waals surface area (Å²) in [5.74, 6) is 0.455. The Hall–Kier alpha value is -1.69. The zero-order chi connectivity index (χ0) is 16.7. The van der Waals surface area contributed by atoms with E-state index in [0.29, 0.717) is 17.7 Å². The number of hydrogen-bond donors (Lipinski definition) is 2. The molecule has 0 spiro atoms. The molecule has 1 aromatic heterocycles. The molecule has 6 nitrogen and oxygen atoms in total. The Morgan fingerprint density at radius 3 is 2.70 bits per heavy atom. The van der Waals surface area contributed by atoms with Crippen LogP contribution in [0.25, 0.3) is 0 Å². The highest BCUT2D eigenvalue weighted by Gasteiger charge is 2.18. The molecule has 0 bridgehead atoms. The van der Waals surface area contributed by atoms with E-state index in [4.69, 9.17) is 0 Å². The van der Waals surface area contributed by atoms with Crippen molar-refractivity contribution in [2.24, 2.45) is 0 Å². The second-order valence-corrected chi connectivity index (χ2v) is 6.61. The van der Waals surface area contributed by atoms with Crippen molar-refractivity contribution in [3.05, 3.63) is 17.5 Å². The summed E-state index contributed by atoms with van der Waals surface area (Å²) in [5, 5.41) is 6.32. The number of hydrogen-bond acceptors (Lipinski definition) is 5. The first-order valence-corrected chi connectivity index (χ1v) is 8.60. The van der Waals surface area contributed by atoms with Crippen LogP contribution in [0.4, 0.5) is 5.95 Å². The number of aryl methyl sites for hydroxylation is 1. The molecule has 1 aliphatic rings. The third-order valence-corrected chi connectivity index (χ3v) is 4.09. The van der Waals surface area contributed by atoms with E-state index in [-0.39, 0.29) is 5.91 Å². The third-order valence-electron chi connectivity index (χ3n) is 4.09. The van der Waals surface area contributed by atoms with Gasteiger partial charge in [0.2, 0.25) is 5.95 Å². The van der Waals surface area contributed by atoms with Gasteiger partial charge in [0.1, 0.15) is 5.69 Å². The van der Waals surface area contributed by atoms with Gasteiger partial charge in [-0.1, -0.05) is 19.3 Å². The number of rotatable bonds is 7. The minimum atomic E-state index is -0.0845. The summed E-state index contributed by atoms with van der Waals surface area (Å²) in [6.45, 7) is 3.70. The van der Waals surface area contributed by atoms with Crippen molar-refractivity contribution in [2.75, 3.05) is 32.5 Å². The molecular formula is C17H29N5O. The van der Waals surface area contributed by atoms with Gasteiger partial charge >= 0.3 is 0 Å². The SMILES string of the molecule is Cc1cc(C(=O)NC2CCCCC2)nc(NCCCN(C)C)n1. The van der Waals surface area contributed by atoms with Gasteiger partial charge in [-0.3, -0.25) is 4.79 Å². The van der Waals surface area contributed by atoms with Crippen LogP contribution < -0.4 is 10.6 Å². The lowest BCUT2D eigenvalue weighted by molar-refractivity contribution is 0.0922. The second kappa shape index (κ2) is 8.82. The van der Waals surface area contributed by atoms with Crippen molar-refractivity contribution >= 4 is 11.9 Å². The Morgan fingerprint density at radius 2 is 2.00 bits per heavy atom. The van der Waals surface area contributed by atoms with Gasteiger partial charge in [0.05, 0.1) is 0 Å². The lowest BCUT2D eigenvalue weighted by atomic mass is 9.95. The molecule has 1 fully saturated rings. The molecule has 23 heavy (non-hydrogen) atoms. The first-order valence-electron chi connectivity index (χ1n) is 8.60. The van der Waals surface area contributed by atoms with Gasteiger partial charge < -0.3 is 15.5 Å². The zero-order valence-corrected chi connectivity index (χ0v) is 14.6. The van der Waals surface area contributed by atoms with Gasteiger partial charge in [-0.05, 0) is 52.9 Å². The molecule has 1 aliphatic carbocycles. The van der Waals surface area contributed by atoms with Crippen molar-refractivity contribution < 1.29 is 4.79 Å². The Morgan fingerprint density at radius 1 is 1.26 bits per heavy atom. The van der Waals surface area contributed by atoms with Crippen LogP contribution >= 0.6 is 0 Å². The summed E-state index contributed by atoms with van der Waals surface area (Å²) in [7, 11) is 4.10. The van der Waals surface area contributed by atoms with Crippen LogP contribution in [0.15, 0.2) is 6.07 Å². The molecule has 1 aromatic rings. The molecule has 0 aromatic carbocycles. The number of nitrogens with one attached hydrogen (secondary N) is 2. The molecule has 0 radical (unpaired) electrons. The molecule has 2 rings (SSSR count). The third kappa shape index (κ3) is 6.14. The lowest BCUT2D eigenvalue weighted by Crippen LogP contribution is -2.36. The van der Waals surface area contributed by atoms with Crippen molar-refractivity contribution in [1.82, 2.24) is 20.2 Å². The average Bonchev–Trinajstić information content (AvgIpc) is 2.52. The van der Waals surface area contributed by atoms with Crippen LogP contribution in [0.1, 0.15) is 54.7 Å². The molecule has 2 N–H and O–H groups in total. The monoisotopic (exact) mass is 319 g/mol. The minimum Gasteiger partial charge on any atom is -0.354 e. The average molecular weight is 319 g/mol. The fourth-order valence-corrected chi connectivity index (χ4v) is 2.87. The molecule has 1 amide bonds. The maximum absolute atomic E-state index is 12.4. The normalized spacial score (nSPS) is 15.7. The topological polar surface area (TPSA) is 70.2 Å². The fourth-order valence-electron chi connectivity index (χ4n) is 2.87. The van der Waals surface area contributed by atoms with Gasteiger partial charge in [-0.2, -0.15) is 0 Å². The van der Waals surface area contributed by atoms with E-state index in [9.17, 15) is 4.79 Å². The van der Waals surface area contributed by atoms with Crippen molar-refractivity contribution in [3.8, 4) is 0 Å². The maximum atomic E-state index is 12.4. The summed E-state index contributed by atoms with van der Waals surface area (Å²) in [6, 6.07) is 2.05. The van der Waals surface area contributed by atoms with Crippen molar-refractivity contribution in [2.45, 2.75) is 51.5 Å². The highest BCUT2D eigenvalue weighted by molar-refractivity contribution is 5.92. The first kappa shape index (κ1) is 17.7. The highest BCUT2D eigenvalue weighted by atomic mass is 16.1. The summed E-state index contributed by atoms with van der Waals surface area (Å²) in [5.41, 5.74) is 1.27. The smallest absolute Gasteiger partial charge is 0.270 e. The van der Waals surface area contributed by atoms with Gasteiger partial charge in [-0.15, -0.1) is 0 Å². The second-order valence-electron chi connectivity index (χ2n) is 6.61. The van der Waals surface area contributed by atoms with E-state index in [1.165, 1.54) is 19.3 Å². The van der Waals surface area contributed by atoms with Crippen LogP contribution in [0.2, 0.25) is 0 Å². The molecule has 1 heterocycles. The van der Waals surface area contributed by atoms with Crippen molar-refractivity contribution in [3.63, 3.8) is 0 Å². The van der Waals surface area contributed by atoms with Gasteiger partial charge in [0.15, 0.2) is 0 Å². The number of carbonyl (C=O) groups excluding carboxylic acids is 1. The Balaban J connectivity index is 1.91. The van der Waals surface area contributed by atoms with Crippen molar-refractivity contribution in [1.29, 1.82) is 0 Å². The Kier molecular flexibility index (Phi) is 6.77. The van der Waals surface area contributed by atoms with E-state index >= 15 is 0 Å². The van der Waals surface area contributed by atoms with E-state index in [2.05, 4.69) is 39.6 Å². The lowest BCUT2D eigenvalue weighted by Gasteiger charge is -2.22. The number of aromatic nitrogens is 2. The highest BCUT2D eigenvalue weighted by Crippen LogP contribution is 2.18. The first-order chi connectivity index (χ1) is 11.0. The summed E-state index contributed by atoms with van der Waals surface area (Å²) >= 11 is 0. The molecule has 6 heteroatoms. The van der Waals surface area contributed by atoms with Crippen LogP contribution in [0, 0.1) is 6.92 Å². The molecular weight excluding hydrogens is 290 g/mol. The number of anilines is 1. The van der Waals surface area contributed by atoms with Crippen LogP contribution in [-0.2, 0) is 0 Å².